The van der Waals surface area contributed by atoms with Crippen molar-refractivity contribution in [3.63, 3.8) is 0 Å². The average molecular weight is 314 g/mol. The summed E-state index contributed by atoms with van der Waals surface area (Å²) in [7, 11) is 0. The monoisotopic (exact) mass is 314 g/mol. The normalized spacial score (nSPS) is 11.4. The van der Waals surface area contributed by atoms with Gasteiger partial charge in [-0.3, -0.25) is 4.57 Å². The number of aromatic amines is 1. The molecule has 9 heteroatoms. The lowest BCUT2D eigenvalue weighted by atomic mass is 10.1. The summed E-state index contributed by atoms with van der Waals surface area (Å²) in [6, 6.07) is 4.76. The molecule has 0 aliphatic rings. The van der Waals surface area contributed by atoms with E-state index in [4.69, 9.17) is 5.26 Å². The second kappa shape index (κ2) is 5.65. The number of halogens is 3. The van der Waals surface area contributed by atoms with Crippen molar-refractivity contribution >= 4 is 11.8 Å². The van der Waals surface area contributed by atoms with Gasteiger partial charge in [-0.2, -0.15) is 18.4 Å². The van der Waals surface area contributed by atoms with E-state index in [1.165, 1.54) is 16.7 Å². The fourth-order valence-corrected chi connectivity index (χ4v) is 2.63. The minimum atomic E-state index is -4.58. The number of H-pyrrole nitrogens is 1. The number of benzene rings is 1. The zero-order chi connectivity index (χ0) is 15.6. The molecule has 0 unspecified atom stereocenters. The molecule has 0 amide bonds. The van der Waals surface area contributed by atoms with Gasteiger partial charge in [-0.25, -0.2) is 9.89 Å². The molecule has 1 N–H and O–H groups in total. The van der Waals surface area contributed by atoms with Crippen LogP contribution >= 0.6 is 11.8 Å². The standard InChI is InChI=1S/C12H9F3N4OS/c1-2-19-10(20)17-18-11(19)21-8-3-4-9(12(13,14)15)7(5-8)6-16/h3-5H,2H2,1H3,(H,17,20). The van der Waals surface area contributed by atoms with Crippen molar-refractivity contribution in [1.29, 1.82) is 5.26 Å². The highest BCUT2D eigenvalue weighted by Gasteiger charge is 2.33. The zero-order valence-corrected chi connectivity index (χ0v) is 11.5. The largest absolute Gasteiger partial charge is 0.417 e. The van der Waals surface area contributed by atoms with Crippen molar-refractivity contribution in [2.24, 2.45) is 0 Å². The molecule has 0 aliphatic carbocycles. The maximum absolute atomic E-state index is 12.7. The Labute approximate surface area is 121 Å². The highest BCUT2D eigenvalue weighted by molar-refractivity contribution is 7.99. The first-order valence-corrected chi connectivity index (χ1v) is 6.63. The fraction of sp³-hybridized carbons (Fsp3) is 0.250. The van der Waals surface area contributed by atoms with Crippen LogP contribution < -0.4 is 5.69 Å². The Balaban J connectivity index is 2.39. The van der Waals surface area contributed by atoms with E-state index in [0.29, 0.717) is 16.6 Å². The molecule has 1 aromatic heterocycles. The van der Waals surface area contributed by atoms with Crippen LogP contribution in [0.25, 0.3) is 0 Å². The van der Waals surface area contributed by atoms with E-state index < -0.39 is 23.0 Å². The Hall–Kier alpha value is -2.21. The number of rotatable bonds is 3. The summed E-state index contributed by atoms with van der Waals surface area (Å²) in [5, 5.41) is 15.2. The SMILES string of the molecule is CCn1c(Sc2ccc(C(F)(F)F)c(C#N)c2)n[nH]c1=O. The molecular weight excluding hydrogens is 305 g/mol. The van der Waals surface area contributed by atoms with Gasteiger partial charge in [0.1, 0.15) is 0 Å². The van der Waals surface area contributed by atoms with Crippen molar-refractivity contribution in [1.82, 2.24) is 14.8 Å². The Morgan fingerprint density at radius 2 is 2.19 bits per heavy atom. The van der Waals surface area contributed by atoms with Crippen molar-refractivity contribution in [2.45, 2.75) is 29.7 Å². The molecule has 0 atom stereocenters. The van der Waals surface area contributed by atoms with Crippen LogP contribution in [0.3, 0.4) is 0 Å². The molecule has 1 heterocycles. The molecule has 21 heavy (non-hydrogen) atoms. The lowest BCUT2D eigenvalue weighted by Crippen LogP contribution is -2.16. The van der Waals surface area contributed by atoms with E-state index >= 15 is 0 Å². The molecular formula is C12H9F3N4OS. The van der Waals surface area contributed by atoms with E-state index in [9.17, 15) is 18.0 Å². The van der Waals surface area contributed by atoms with Crippen molar-refractivity contribution in [2.75, 3.05) is 0 Å². The predicted octanol–water partition coefficient (Wildman–Crippen LogP) is 2.63. The van der Waals surface area contributed by atoms with Gasteiger partial charge in [0.05, 0.1) is 17.2 Å². The third kappa shape index (κ3) is 3.11. The van der Waals surface area contributed by atoms with Gasteiger partial charge >= 0.3 is 11.9 Å². The number of nitrogens with one attached hydrogen (secondary N) is 1. The van der Waals surface area contributed by atoms with Gasteiger partial charge in [0.15, 0.2) is 5.16 Å². The number of nitriles is 1. The van der Waals surface area contributed by atoms with E-state index in [0.717, 1.165) is 23.9 Å². The second-order valence-corrected chi connectivity index (χ2v) is 5.02. The van der Waals surface area contributed by atoms with Crippen LogP contribution in [-0.4, -0.2) is 14.8 Å². The van der Waals surface area contributed by atoms with Crippen molar-refractivity contribution in [3.8, 4) is 6.07 Å². The Morgan fingerprint density at radius 1 is 1.48 bits per heavy atom. The number of hydrogen-bond acceptors (Lipinski definition) is 4. The minimum Gasteiger partial charge on any atom is -0.270 e. The number of alkyl halides is 3. The maximum atomic E-state index is 12.7. The summed E-state index contributed by atoms with van der Waals surface area (Å²) in [6.45, 7) is 2.12. The number of hydrogen-bond donors (Lipinski definition) is 1. The van der Waals surface area contributed by atoms with Crippen LogP contribution in [0.1, 0.15) is 18.1 Å². The van der Waals surface area contributed by atoms with Gasteiger partial charge in [0.2, 0.25) is 0 Å². The Bertz CT molecular complexity index is 757. The third-order valence-corrected chi connectivity index (χ3v) is 3.65. The molecule has 0 bridgehead atoms. The molecule has 5 nitrogen and oxygen atoms in total. The molecule has 0 radical (unpaired) electrons. The van der Waals surface area contributed by atoms with Gasteiger partial charge in [0.25, 0.3) is 0 Å². The second-order valence-electron chi connectivity index (χ2n) is 3.97. The average Bonchev–Trinajstić information content (AvgIpc) is 2.77. The Morgan fingerprint density at radius 3 is 2.76 bits per heavy atom. The molecule has 2 rings (SSSR count). The van der Waals surface area contributed by atoms with Gasteiger partial charge in [0, 0.05) is 11.4 Å². The van der Waals surface area contributed by atoms with Crippen molar-refractivity contribution < 1.29 is 13.2 Å². The molecule has 110 valence electrons. The topological polar surface area (TPSA) is 74.5 Å². The predicted molar refractivity (Wildman–Crippen MR) is 68.8 cm³/mol. The zero-order valence-electron chi connectivity index (χ0n) is 10.7. The lowest BCUT2D eigenvalue weighted by molar-refractivity contribution is -0.137. The van der Waals surface area contributed by atoms with Crippen molar-refractivity contribution in [3.05, 3.63) is 39.8 Å². The van der Waals surface area contributed by atoms with Gasteiger partial charge in [-0.1, -0.05) is 0 Å². The van der Waals surface area contributed by atoms with Crippen LogP contribution in [-0.2, 0) is 12.7 Å². The summed E-state index contributed by atoms with van der Waals surface area (Å²) in [5.41, 5.74) is -1.84. The molecule has 2 aromatic rings. The first-order valence-electron chi connectivity index (χ1n) is 5.81. The maximum Gasteiger partial charge on any atom is 0.417 e. The van der Waals surface area contributed by atoms with Gasteiger partial charge in [-0.15, -0.1) is 5.10 Å². The summed E-state index contributed by atoms with van der Waals surface area (Å²) in [5.74, 6) is 0. The lowest BCUT2D eigenvalue weighted by Gasteiger charge is -2.09. The van der Waals surface area contributed by atoms with Crippen LogP contribution in [0.5, 0.6) is 0 Å². The molecule has 0 saturated heterocycles. The minimum absolute atomic E-state index is 0.325. The Kier molecular flexibility index (Phi) is 4.09. The molecule has 0 fully saturated rings. The number of nitrogens with zero attached hydrogens (tertiary/aromatic N) is 3. The third-order valence-electron chi connectivity index (χ3n) is 2.67. The van der Waals surface area contributed by atoms with Crippen LogP contribution in [0.4, 0.5) is 13.2 Å². The fourth-order valence-electron chi connectivity index (χ4n) is 1.69. The van der Waals surface area contributed by atoms with E-state index in [1.807, 2.05) is 0 Å². The van der Waals surface area contributed by atoms with E-state index in [2.05, 4.69) is 10.2 Å². The van der Waals surface area contributed by atoms with Gasteiger partial charge in [-0.05, 0) is 36.9 Å². The first kappa shape index (κ1) is 15.2. The van der Waals surface area contributed by atoms with E-state index in [-0.39, 0.29) is 0 Å². The summed E-state index contributed by atoms with van der Waals surface area (Å²) in [6.07, 6.45) is -4.58. The summed E-state index contributed by atoms with van der Waals surface area (Å²) in [4.78, 5) is 11.8. The highest BCUT2D eigenvalue weighted by atomic mass is 32.2. The first-order chi connectivity index (χ1) is 9.86. The van der Waals surface area contributed by atoms with Crippen LogP contribution in [0.15, 0.2) is 33.0 Å². The molecule has 1 aromatic carbocycles. The highest BCUT2D eigenvalue weighted by Crippen LogP contribution is 2.35. The van der Waals surface area contributed by atoms with Crippen LogP contribution in [0.2, 0.25) is 0 Å². The molecule has 0 saturated carbocycles. The number of aromatic nitrogens is 3. The van der Waals surface area contributed by atoms with E-state index in [1.54, 1.807) is 6.92 Å². The quantitative estimate of drug-likeness (QED) is 0.945. The van der Waals surface area contributed by atoms with Crippen LogP contribution in [0, 0.1) is 11.3 Å². The smallest absolute Gasteiger partial charge is 0.270 e. The summed E-state index contributed by atoms with van der Waals surface area (Å²) >= 11 is 1.01. The summed E-state index contributed by atoms with van der Waals surface area (Å²) < 4.78 is 39.4. The van der Waals surface area contributed by atoms with Gasteiger partial charge < -0.3 is 0 Å². The molecule has 0 aliphatic heterocycles. The molecule has 0 spiro atoms.